The predicted molar refractivity (Wildman–Crippen MR) is 65.8 cm³/mol. The Hall–Kier alpha value is -1.63. The zero-order valence-corrected chi connectivity index (χ0v) is 10.9. The zero-order chi connectivity index (χ0) is 14.0. The molecule has 0 unspecified atom stereocenters. The second-order valence-corrected chi connectivity index (χ2v) is 5.25. The number of carbonyl (C=O) groups is 3. The third kappa shape index (κ3) is 3.04. The highest BCUT2D eigenvalue weighted by Crippen LogP contribution is 2.46. The Morgan fingerprint density at radius 3 is 2.74 bits per heavy atom. The Kier molecular flexibility index (Phi) is 3.75. The van der Waals surface area contributed by atoms with E-state index in [9.17, 15) is 14.4 Å². The maximum atomic E-state index is 11.8. The summed E-state index contributed by atoms with van der Waals surface area (Å²) in [7, 11) is 1.25. The van der Waals surface area contributed by atoms with Crippen molar-refractivity contribution in [1.82, 2.24) is 10.6 Å². The number of nitrogens with two attached hydrogens (primary N) is 1. The van der Waals surface area contributed by atoms with Crippen molar-refractivity contribution in [2.24, 2.45) is 11.7 Å². The summed E-state index contributed by atoms with van der Waals surface area (Å²) in [5, 5.41) is 5.45. The standard InChI is InChI=1S/C12H19N3O4/c1-19-11(18)8(14-9(16)6-13)4-7-5-12(2-3-12)15-10(7)17/h7-8H,2-6,13H2,1H3,(H,14,16)(H,15,17)/t7-,8+/m1/s1. The van der Waals surface area contributed by atoms with Gasteiger partial charge in [0.2, 0.25) is 11.8 Å². The van der Waals surface area contributed by atoms with Crippen molar-refractivity contribution in [2.75, 3.05) is 13.7 Å². The topological polar surface area (TPSA) is 111 Å². The number of carbonyl (C=O) groups excluding carboxylic acids is 3. The molecule has 1 saturated carbocycles. The van der Waals surface area contributed by atoms with Crippen LogP contribution in [0.1, 0.15) is 25.7 Å². The average molecular weight is 269 g/mol. The molecule has 1 saturated heterocycles. The van der Waals surface area contributed by atoms with Crippen LogP contribution in [0.15, 0.2) is 0 Å². The molecule has 7 heteroatoms. The SMILES string of the molecule is COC(=O)[C@H](C[C@@H]1CC2(CC2)NC1=O)NC(=O)CN. The molecule has 4 N–H and O–H groups in total. The Balaban J connectivity index is 1.97. The number of hydrogen-bond acceptors (Lipinski definition) is 5. The number of esters is 1. The van der Waals surface area contributed by atoms with Crippen molar-refractivity contribution in [3.63, 3.8) is 0 Å². The van der Waals surface area contributed by atoms with Crippen molar-refractivity contribution in [3.05, 3.63) is 0 Å². The van der Waals surface area contributed by atoms with Crippen LogP contribution in [0.4, 0.5) is 0 Å². The minimum absolute atomic E-state index is 0.0414. The van der Waals surface area contributed by atoms with Crippen LogP contribution in [0.3, 0.4) is 0 Å². The van der Waals surface area contributed by atoms with Crippen molar-refractivity contribution in [2.45, 2.75) is 37.3 Å². The van der Waals surface area contributed by atoms with E-state index in [-0.39, 0.29) is 30.3 Å². The van der Waals surface area contributed by atoms with E-state index >= 15 is 0 Å². The second kappa shape index (κ2) is 5.16. The van der Waals surface area contributed by atoms with Crippen LogP contribution in [0, 0.1) is 5.92 Å². The van der Waals surface area contributed by atoms with Crippen LogP contribution in [0.25, 0.3) is 0 Å². The van der Waals surface area contributed by atoms with Gasteiger partial charge in [0.25, 0.3) is 0 Å². The van der Waals surface area contributed by atoms with Crippen LogP contribution in [-0.2, 0) is 19.1 Å². The molecule has 2 aliphatic rings. The summed E-state index contributed by atoms with van der Waals surface area (Å²) in [6, 6.07) is -0.814. The van der Waals surface area contributed by atoms with Crippen LogP contribution in [0.5, 0.6) is 0 Å². The zero-order valence-electron chi connectivity index (χ0n) is 10.9. The minimum atomic E-state index is -0.814. The van der Waals surface area contributed by atoms with Crippen molar-refractivity contribution in [1.29, 1.82) is 0 Å². The highest BCUT2D eigenvalue weighted by Gasteiger charge is 2.52. The van der Waals surface area contributed by atoms with Crippen molar-refractivity contribution in [3.8, 4) is 0 Å². The van der Waals surface area contributed by atoms with E-state index in [1.54, 1.807) is 0 Å². The largest absolute Gasteiger partial charge is 0.467 e. The van der Waals surface area contributed by atoms with E-state index in [2.05, 4.69) is 15.4 Å². The summed E-state index contributed by atoms with van der Waals surface area (Å²) in [5.74, 6) is -1.29. The molecule has 1 aliphatic heterocycles. The van der Waals surface area contributed by atoms with Gasteiger partial charge in [-0.05, 0) is 25.7 Å². The summed E-state index contributed by atoms with van der Waals surface area (Å²) >= 11 is 0. The number of hydrogen-bond donors (Lipinski definition) is 3. The fourth-order valence-corrected chi connectivity index (χ4v) is 2.54. The summed E-state index contributed by atoms with van der Waals surface area (Å²) in [4.78, 5) is 34.7. The third-order valence-electron chi connectivity index (χ3n) is 3.78. The van der Waals surface area contributed by atoms with E-state index in [1.807, 2.05) is 0 Å². The van der Waals surface area contributed by atoms with Crippen molar-refractivity contribution < 1.29 is 19.1 Å². The fourth-order valence-electron chi connectivity index (χ4n) is 2.54. The Bertz CT molecular complexity index is 406. The molecule has 0 radical (unpaired) electrons. The van der Waals surface area contributed by atoms with E-state index in [4.69, 9.17) is 5.73 Å². The first-order valence-corrected chi connectivity index (χ1v) is 6.39. The lowest BCUT2D eigenvalue weighted by Crippen LogP contribution is -2.45. The summed E-state index contributed by atoms with van der Waals surface area (Å²) in [6.45, 7) is -0.200. The molecule has 2 atom stereocenters. The fraction of sp³-hybridized carbons (Fsp3) is 0.750. The minimum Gasteiger partial charge on any atom is -0.467 e. The molecule has 7 nitrogen and oxygen atoms in total. The summed E-state index contributed by atoms with van der Waals surface area (Å²) in [6.07, 6.45) is 2.96. The molecule has 0 bridgehead atoms. The highest BCUT2D eigenvalue weighted by molar-refractivity contribution is 5.87. The smallest absolute Gasteiger partial charge is 0.328 e. The summed E-state index contributed by atoms with van der Waals surface area (Å²) in [5.41, 5.74) is 5.17. The van der Waals surface area contributed by atoms with Crippen LogP contribution in [-0.4, -0.2) is 43.0 Å². The second-order valence-electron chi connectivity index (χ2n) is 5.25. The van der Waals surface area contributed by atoms with E-state index in [0.29, 0.717) is 0 Å². The first-order valence-electron chi connectivity index (χ1n) is 6.39. The lowest BCUT2D eigenvalue weighted by Gasteiger charge is -2.18. The van der Waals surface area contributed by atoms with Crippen LogP contribution >= 0.6 is 0 Å². The van der Waals surface area contributed by atoms with E-state index in [0.717, 1.165) is 19.3 Å². The van der Waals surface area contributed by atoms with Crippen LogP contribution in [0.2, 0.25) is 0 Å². The van der Waals surface area contributed by atoms with Gasteiger partial charge in [0.1, 0.15) is 6.04 Å². The Labute approximate surface area is 111 Å². The van der Waals surface area contributed by atoms with Crippen molar-refractivity contribution >= 4 is 17.8 Å². The van der Waals surface area contributed by atoms with Crippen LogP contribution < -0.4 is 16.4 Å². The molecular formula is C12H19N3O4. The molecule has 106 valence electrons. The first-order chi connectivity index (χ1) is 8.99. The highest BCUT2D eigenvalue weighted by atomic mass is 16.5. The van der Waals surface area contributed by atoms with Gasteiger partial charge in [0.15, 0.2) is 0 Å². The average Bonchev–Trinajstić information content (AvgIpc) is 3.07. The summed E-state index contributed by atoms with van der Waals surface area (Å²) < 4.78 is 4.64. The Morgan fingerprint density at radius 2 is 2.26 bits per heavy atom. The molecule has 1 aliphatic carbocycles. The quantitative estimate of drug-likeness (QED) is 0.535. The molecule has 0 aromatic heterocycles. The lowest BCUT2D eigenvalue weighted by molar-refractivity contribution is -0.145. The van der Waals surface area contributed by atoms with Gasteiger partial charge in [-0.15, -0.1) is 0 Å². The Morgan fingerprint density at radius 1 is 1.58 bits per heavy atom. The predicted octanol–water partition coefficient (Wildman–Crippen LogP) is -1.34. The number of amides is 2. The monoisotopic (exact) mass is 269 g/mol. The van der Waals surface area contributed by atoms with Gasteiger partial charge >= 0.3 is 5.97 Å². The van der Waals surface area contributed by atoms with Gasteiger partial charge in [-0.1, -0.05) is 0 Å². The molecule has 2 amide bonds. The lowest BCUT2D eigenvalue weighted by atomic mass is 9.95. The van der Waals surface area contributed by atoms with Gasteiger partial charge < -0.3 is 21.1 Å². The molecule has 2 fully saturated rings. The maximum Gasteiger partial charge on any atom is 0.328 e. The van der Waals surface area contributed by atoms with E-state index in [1.165, 1.54) is 7.11 Å². The number of methoxy groups -OCH3 is 1. The molecule has 19 heavy (non-hydrogen) atoms. The molecule has 0 aromatic rings. The van der Waals surface area contributed by atoms with Gasteiger partial charge in [0.05, 0.1) is 13.7 Å². The number of rotatable bonds is 5. The first kappa shape index (κ1) is 13.8. The van der Waals surface area contributed by atoms with Gasteiger partial charge in [-0.3, -0.25) is 9.59 Å². The van der Waals surface area contributed by atoms with Gasteiger partial charge in [-0.2, -0.15) is 0 Å². The number of ether oxygens (including phenoxy) is 1. The number of nitrogens with one attached hydrogen (secondary N) is 2. The maximum absolute atomic E-state index is 11.8. The van der Waals surface area contributed by atoms with Gasteiger partial charge in [0, 0.05) is 11.5 Å². The normalized spacial score (nSPS) is 24.7. The van der Waals surface area contributed by atoms with E-state index < -0.39 is 17.9 Å². The molecule has 1 heterocycles. The molecular weight excluding hydrogens is 250 g/mol. The third-order valence-corrected chi connectivity index (χ3v) is 3.78. The van der Waals surface area contributed by atoms with Gasteiger partial charge in [-0.25, -0.2) is 4.79 Å². The molecule has 2 rings (SSSR count). The molecule has 1 spiro atoms. The molecule has 0 aromatic carbocycles.